The zero-order valence-electron chi connectivity index (χ0n) is 18.6. The summed E-state index contributed by atoms with van der Waals surface area (Å²) < 4.78 is 11.0. The molecule has 1 saturated heterocycles. The molecule has 1 aromatic carbocycles. The lowest BCUT2D eigenvalue weighted by Crippen LogP contribution is -2.52. The Morgan fingerprint density at radius 2 is 1.81 bits per heavy atom. The second-order valence-corrected chi connectivity index (χ2v) is 8.09. The Kier molecular flexibility index (Phi) is 12.2. The van der Waals surface area contributed by atoms with E-state index in [0.29, 0.717) is 26.4 Å². The van der Waals surface area contributed by atoms with Gasteiger partial charge in [-0.25, -0.2) is 4.99 Å². The average molecular weight is 559 g/mol. The van der Waals surface area contributed by atoms with Crippen LogP contribution in [0, 0.1) is 0 Å². The molecule has 1 aromatic heterocycles. The molecule has 0 unspecified atom stereocenters. The number of guanidine groups is 1. The molecular weight excluding hydrogens is 523 g/mol. The molecule has 0 spiro atoms. The van der Waals surface area contributed by atoms with Crippen LogP contribution in [-0.2, 0) is 22.6 Å². The molecule has 172 valence electrons. The summed E-state index contributed by atoms with van der Waals surface area (Å²) in [7, 11) is 0. The molecule has 1 aliphatic heterocycles. The van der Waals surface area contributed by atoms with E-state index in [0.717, 1.165) is 45.3 Å². The van der Waals surface area contributed by atoms with Gasteiger partial charge in [-0.3, -0.25) is 0 Å². The van der Waals surface area contributed by atoms with Gasteiger partial charge >= 0.3 is 0 Å². The van der Waals surface area contributed by atoms with E-state index in [2.05, 4.69) is 63.8 Å². The Balaban J connectivity index is 0.00000341. The van der Waals surface area contributed by atoms with Crippen LogP contribution in [-0.4, -0.2) is 63.4 Å². The zero-order chi connectivity index (χ0) is 21.0. The maximum Gasteiger partial charge on any atom is 0.194 e. The van der Waals surface area contributed by atoms with E-state index >= 15 is 0 Å². The number of anilines is 1. The van der Waals surface area contributed by atoms with Crippen LogP contribution in [0.5, 0.6) is 0 Å². The summed E-state index contributed by atoms with van der Waals surface area (Å²) in [6.45, 7) is 12.3. The quantitative estimate of drug-likeness (QED) is 0.205. The maximum absolute atomic E-state index is 5.69. The monoisotopic (exact) mass is 558 g/mol. The SMILES string of the molecule is CCNC(=NCc1cccc(COCCOCC)c1)N1CCN(c2cccs2)CC1.I. The molecule has 0 saturated carbocycles. The third-order valence-corrected chi connectivity index (χ3v) is 5.91. The number of halogens is 1. The molecule has 0 radical (unpaired) electrons. The Bertz CT molecular complexity index is 765. The fourth-order valence-electron chi connectivity index (χ4n) is 3.45. The van der Waals surface area contributed by atoms with E-state index in [-0.39, 0.29) is 24.0 Å². The van der Waals surface area contributed by atoms with E-state index in [4.69, 9.17) is 14.5 Å². The molecule has 31 heavy (non-hydrogen) atoms. The van der Waals surface area contributed by atoms with E-state index in [1.54, 1.807) is 0 Å². The number of hydrogen-bond acceptors (Lipinski definition) is 5. The van der Waals surface area contributed by atoms with E-state index in [1.165, 1.54) is 16.1 Å². The minimum absolute atomic E-state index is 0. The number of benzene rings is 1. The topological polar surface area (TPSA) is 49.3 Å². The van der Waals surface area contributed by atoms with Gasteiger partial charge in [0.25, 0.3) is 0 Å². The Labute approximate surface area is 207 Å². The lowest BCUT2D eigenvalue weighted by Gasteiger charge is -2.37. The number of ether oxygens (including phenoxy) is 2. The minimum atomic E-state index is 0. The summed E-state index contributed by atoms with van der Waals surface area (Å²) in [6.07, 6.45) is 0. The van der Waals surface area contributed by atoms with Crippen LogP contribution in [0.1, 0.15) is 25.0 Å². The van der Waals surface area contributed by atoms with Gasteiger partial charge in [0.2, 0.25) is 0 Å². The number of rotatable bonds is 10. The normalized spacial score (nSPS) is 14.5. The smallest absolute Gasteiger partial charge is 0.194 e. The van der Waals surface area contributed by atoms with Gasteiger partial charge in [0.1, 0.15) is 0 Å². The van der Waals surface area contributed by atoms with Crippen molar-refractivity contribution in [3.8, 4) is 0 Å². The zero-order valence-corrected chi connectivity index (χ0v) is 21.7. The lowest BCUT2D eigenvalue weighted by atomic mass is 10.1. The van der Waals surface area contributed by atoms with Crippen molar-refractivity contribution in [2.24, 2.45) is 4.99 Å². The van der Waals surface area contributed by atoms with Gasteiger partial charge in [-0.05, 0) is 42.5 Å². The first-order valence-corrected chi connectivity index (χ1v) is 11.7. The lowest BCUT2D eigenvalue weighted by molar-refractivity contribution is 0.0453. The van der Waals surface area contributed by atoms with Crippen molar-refractivity contribution in [1.82, 2.24) is 10.2 Å². The summed E-state index contributed by atoms with van der Waals surface area (Å²) in [4.78, 5) is 9.74. The molecule has 0 amide bonds. The predicted octanol–water partition coefficient (Wildman–Crippen LogP) is 4.21. The summed E-state index contributed by atoms with van der Waals surface area (Å²) >= 11 is 1.81. The van der Waals surface area contributed by atoms with Crippen LogP contribution in [0.3, 0.4) is 0 Å². The highest BCUT2D eigenvalue weighted by Crippen LogP contribution is 2.22. The van der Waals surface area contributed by atoms with Crippen molar-refractivity contribution in [2.75, 3.05) is 57.4 Å². The van der Waals surface area contributed by atoms with Gasteiger partial charge in [0.15, 0.2) is 5.96 Å². The summed E-state index contributed by atoms with van der Waals surface area (Å²) in [5.74, 6) is 1.00. The van der Waals surface area contributed by atoms with Crippen molar-refractivity contribution < 1.29 is 9.47 Å². The molecule has 1 aliphatic rings. The second kappa shape index (κ2) is 14.7. The molecule has 8 heteroatoms. The minimum Gasteiger partial charge on any atom is -0.379 e. The van der Waals surface area contributed by atoms with Gasteiger partial charge in [-0.15, -0.1) is 35.3 Å². The highest BCUT2D eigenvalue weighted by atomic mass is 127. The standard InChI is InChI=1S/C23H34N4O2S.HI/c1-3-24-23(27-12-10-26(11-13-27)22-9-6-16-30-22)25-18-20-7-5-8-21(17-20)19-29-15-14-28-4-2;/h5-9,16-17H,3-4,10-15,18-19H2,1-2H3,(H,24,25);1H. The van der Waals surface area contributed by atoms with Crippen LogP contribution in [0.4, 0.5) is 5.00 Å². The number of hydrogen-bond donors (Lipinski definition) is 1. The second-order valence-electron chi connectivity index (χ2n) is 7.17. The first-order valence-electron chi connectivity index (χ1n) is 10.8. The van der Waals surface area contributed by atoms with Crippen LogP contribution in [0.15, 0.2) is 46.8 Å². The Morgan fingerprint density at radius 3 is 2.52 bits per heavy atom. The first kappa shape index (κ1) is 25.9. The van der Waals surface area contributed by atoms with E-state index in [1.807, 2.05) is 18.3 Å². The van der Waals surface area contributed by atoms with Gasteiger partial charge in [0.05, 0.1) is 31.4 Å². The van der Waals surface area contributed by atoms with Crippen molar-refractivity contribution in [2.45, 2.75) is 27.0 Å². The highest BCUT2D eigenvalue weighted by Gasteiger charge is 2.20. The van der Waals surface area contributed by atoms with Crippen LogP contribution < -0.4 is 10.2 Å². The molecule has 0 aliphatic carbocycles. The van der Waals surface area contributed by atoms with Crippen LogP contribution >= 0.6 is 35.3 Å². The van der Waals surface area contributed by atoms with Crippen molar-refractivity contribution >= 4 is 46.3 Å². The van der Waals surface area contributed by atoms with Crippen molar-refractivity contribution in [3.05, 3.63) is 52.9 Å². The molecule has 0 bridgehead atoms. The third-order valence-electron chi connectivity index (χ3n) is 4.98. The average Bonchev–Trinajstić information content (AvgIpc) is 3.32. The van der Waals surface area contributed by atoms with Crippen molar-refractivity contribution in [1.29, 1.82) is 0 Å². The fraction of sp³-hybridized carbons (Fsp3) is 0.522. The Hall–Kier alpha value is -1.36. The Morgan fingerprint density at radius 1 is 1.03 bits per heavy atom. The number of nitrogens with zero attached hydrogens (tertiary/aromatic N) is 3. The van der Waals surface area contributed by atoms with Gasteiger partial charge in [0, 0.05) is 39.3 Å². The largest absolute Gasteiger partial charge is 0.379 e. The molecule has 2 aromatic rings. The fourth-order valence-corrected chi connectivity index (χ4v) is 4.24. The number of aliphatic imine (C=N–C) groups is 1. The molecule has 1 N–H and O–H groups in total. The molecule has 0 atom stereocenters. The summed E-state index contributed by atoms with van der Waals surface area (Å²) in [5, 5.41) is 6.96. The number of piperazine rings is 1. The van der Waals surface area contributed by atoms with E-state index in [9.17, 15) is 0 Å². The summed E-state index contributed by atoms with van der Waals surface area (Å²) in [5.41, 5.74) is 2.38. The van der Waals surface area contributed by atoms with Crippen LogP contribution in [0.2, 0.25) is 0 Å². The highest BCUT2D eigenvalue weighted by molar-refractivity contribution is 14.0. The molecule has 3 rings (SSSR count). The number of nitrogens with one attached hydrogen (secondary N) is 1. The van der Waals surface area contributed by atoms with Gasteiger partial charge in [-0.1, -0.05) is 24.3 Å². The number of thiophene rings is 1. The molecule has 2 heterocycles. The molecule has 6 nitrogen and oxygen atoms in total. The van der Waals surface area contributed by atoms with Gasteiger partial charge in [-0.2, -0.15) is 0 Å². The molecule has 1 fully saturated rings. The van der Waals surface area contributed by atoms with Gasteiger partial charge < -0.3 is 24.6 Å². The maximum atomic E-state index is 5.69. The first-order chi connectivity index (χ1) is 14.8. The predicted molar refractivity (Wildman–Crippen MR) is 141 cm³/mol. The van der Waals surface area contributed by atoms with Crippen LogP contribution in [0.25, 0.3) is 0 Å². The third kappa shape index (κ3) is 8.59. The van der Waals surface area contributed by atoms with E-state index < -0.39 is 0 Å². The summed E-state index contributed by atoms with van der Waals surface area (Å²) in [6, 6.07) is 12.8. The molecular formula is C23H35IN4O2S. The van der Waals surface area contributed by atoms with Crippen molar-refractivity contribution in [3.63, 3.8) is 0 Å².